The molecule has 5 heteroatoms. The number of aromatic nitrogens is 2. The van der Waals surface area contributed by atoms with Gasteiger partial charge in [-0.3, -0.25) is 4.68 Å². The normalized spacial score (nSPS) is 12.2. The molecule has 1 aromatic heterocycles. The van der Waals surface area contributed by atoms with Gasteiger partial charge in [0.25, 0.3) is 0 Å². The van der Waals surface area contributed by atoms with Gasteiger partial charge >= 0.3 is 5.97 Å². The van der Waals surface area contributed by atoms with E-state index in [2.05, 4.69) is 10.4 Å². The van der Waals surface area contributed by atoms with Crippen molar-refractivity contribution in [1.82, 2.24) is 9.78 Å². The average molecular weight is 259 g/mol. The Morgan fingerprint density at radius 1 is 1.42 bits per heavy atom. The van der Waals surface area contributed by atoms with E-state index in [0.29, 0.717) is 0 Å². The van der Waals surface area contributed by atoms with Crippen LogP contribution in [-0.2, 0) is 7.05 Å². The number of rotatable bonds is 4. The second-order valence-electron chi connectivity index (χ2n) is 4.58. The van der Waals surface area contributed by atoms with Crippen LogP contribution in [0.5, 0.6) is 0 Å². The highest BCUT2D eigenvalue weighted by Gasteiger charge is 2.12. The molecule has 0 saturated carbocycles. The van der Waals surface area contributed by atoms with Crippen molar-refractivity contribution in [3.63, 3.8) is 0 Å². The molecule has 1 atom stereocenters. The average Bonchev–Trinajstić information content (AvgIpc) is 2.78. The molecule has 100 valence electrons. The Hall–Kier alpha value is -2.30. The Balaban J connectivity index is 2.26. The molecule has 0 aliphatic rings. The Bertz CT molecular complexity index is 604. The standard InChI is InChI=1S/C14H17N3O2/c1-9-4-5-11(14(18)19)8-12(9)16-10(2)13-6-7-15-17(13)3/h4-8,10,16H,1-3H3,(H,18,19). The number of aromatic carboxylic acids is 1. The lowest BCUT2D eigenvalue weighted by Crippen LogP contribution is -2.12. The fraction of sp³-hybridized carbons (Fsp3) is 0.286. The molecule has 0 radical (unpaired) electrons. The summed E-state index contributed by atoms with van der Waals surface area (Å²) in [5.74, 6) is -0.920. The zero-order chi connectivity index (χ0) is 14.0. The van der Waals surface area contributed by atoms with Crippen LogP contribution in [0.15, 0.2) is 30.5 Å². The van der Waals surface area contributed by atoms with Crippen LogP contribution in [0.1, 0.15) is 34.6 Å². The lowest BCUT2D eigenvalue weighted by Gasteiger charge is -2.17. The third-order valence-electron chi connectivity index (χ3n) is 3.16. The molecule has 0 amide bonds. The van der Waals surface area contributed by atoms with Crippen LogP contribution in [0.25, 0.3) is 0 Å². The van der Waals surface area contributed by atoms with E-state index >= 15 is 0 Å². The number of benzene rings is 1. The second-order valence-corrected chi connectivity index (χ2v) is 4.58. The minimum absolute atomic E-state index is 0.0512. The largest absolute Gasteiger partial charge is 0.478 e. The van der Waals surface area contributed by atoms with E-state index in [4.69, 9.17) is 5.11 Å². The number of carbonyl (C=O) groups is 1. The first-order valence-electron chi connectivity index (χ1n) is 6.07. The highest BCUT2D eigenvalue weighted by Crippen LogP contribution is 2.23. The van der Waals surface area contributed by atoms with Gasteiger partial charge in [0, 0.05) is 18.9 Å². The van der Waals surface area contributed by atoms with Crippen molar-refractivity contribution in [1.29, 1.82) is 0 Å². The summed E-state index contributed by atoms with van der Waals surface area (Å²) in [5, 5.41) is 16.5. The highest BCUT2D eigenvalue weighted by molar-refractivity contribution is 5.89. The molecule has 0 bridgehead atoms. The van der Waals surface area contributed by atoms with Crippen molar-refractivity contribution in [2.24, 2.45) is 7.05 Å². The number of nitrogens with one attached hydrogen (secondary N) is 1. The van der Waals surface area contributed by atoms with Crippen LogP contribution in [0.4, 0.5) is 5.69 Å². The van der Waals surface area contributed by atoms with E-state index in [1.807, 2.05) is 33.0 Å². The molecule has 2 aromatic rings. The monoisotopic (exact) mass is 259 g/mol. The molecule has 0 aliphatic heterocycles. The Morgan fingerprint density at radius 3 is 2.74 bits per heavy atom. The van der Waals surface area contributed by atoms with Crippen LogP contribution in [0.2, 0.25) is 0 Å². The maximum Gasteiger partial charge on any atom is 0.335 e. The molecule has 19 heavy (non-hydrogen) atoms. The van der Waals surface area contributed by atoms with Crippen molar-refractivity contribution in [3.05, 3.63) is 47.3 Å². The zero-order valence-electron chi connectivity index (χ0n) is 11.2. The van der Waals surface area contributed by atoms with Crippen molar-refractivity contribution >= 4 is 11.7 Å². The summed E-state index contributed by atoms with van der Waals surface area (Å²) in [6.45, 7) is 3.97. The van der Waals surface area contributed by atoms with Gasteiger partial charge in [-0.1, -0.05) is 6.07 Å². The molecule has 1 aromatic carbocycles. The van der Waals surface area contributed by atoms with Gasteiger partial charge in [0.15, 0.2) is 0 Å². The van der Waals surface area contributed by atoms with Crippen LogP contribution >= 0.6 is 0 Å². The molecule has 0 aliphatic carbocycles. The number of hydrogen-bond acceptors (Lipinski definition) is 3. The van der Waals surface area contributed by atoms with Crippen LogP contribution in [0.3, 0.4) is 0 Å². The van der Waals surface area contributed by atoms with Gasteiger partial charge in [-0.2, -0.15) is 5.10 Å². The van der Waals surface area contributed by atoms with E-state index < -0.39 is 5.97 Å². The van der Waals surface area contributed by atoms with Crippen LogP contribution in [0, 0.1) is 6.92 Å². The number of carboxylic acid groups (broad SMARTS) is 1. The fourth-order valence-corrected chi connectivity index (χ4v) is 2.03. The predicted octanol–water partition coefficient (Wildman–Crippen LogP) is 2.60. The Kier molecular flexibility index (Phi) is 3.55. The van der Waals surface area contributed by atoms with E-state index in [-0.39, 0.29) is 11.6 Å². The van der Waals surface area contributed by atoms with Crippen molar-refractivity contribution in [2.45, 2.75) is 19.9 Å². The number of nitrogens with zero attached hydrogens (tertiary/aromatic N) is 2. The predicted molar refractivity (Wildman–Crippen MR) is 73.4 cm³/mol. The first-order chi connectivity index (χ1) is 8.99. The summed E-state index contributed by atoms with van der Waals surface area (Å²) in [5.41, 5.74) is 3.16. The number of aryl methyl sites for hydroxylation is 2. The zero-order valence-corrected chi connectivity index (χ0v) is 11.2. The molecule has 0 spiro atoms. The quantitative estimate of drug-likeness (QED) is 0.885. The minimum atomic E-state index is -0.920. The first-order valence-corrected chi connectivity index (χ1v) is 6.07. The minimum Gasteiger partial charge on any atom is -0.478 e. The molecular formula is C14H17N3O2. The summed E-state index contributed by atoms with van der Waals surface area (Å²) < 4.78 is 1.80. The topological polar surface area (TPSA) is 67.2 Å². The maximum atomic E-state index is 11.0. The van der Waals surface area contributed by atoms with Gasteiger partial charge in [-0.25, -0.2) is 4.79 Å². The number of anilines is 1. The second kappa shape index (κ2) is 5.14. The summed E-state index contributed by atoms with van der Waals surface area (Å²) in [4.78, 5) is 11.0. The number of carboxylic acids is 1. The Labute approximate surface area is 111 Å². The van der Waals surface area contributed by atoms with Crippen LogP contribution < -0.4 is 5.32 Å². The van der Waals surface area contributed by atoms with E-state index in [1.165, 1.54) is 0 Å². The molecule has 1 heterocycles. The van der Waals surface area contributed by atoms with Crippen molar-refractivity contribution in [3.8, 4) is 0 Å². The van der Waals surface area contributed by atoms with Crippen LogP contribution in [-0.4, -0.2) is 20.9 Å². The van der Waals surface area contributed by atoms with Gasteiger partial charge in [-0.05, 0) is 37.6 Å². The highest BCUT2D eigenvalue weighted by atomic mass is 16.4. The smallest absolute Gasteiger partial charge is 0.335 e. The van der Waals surface area contributed by atoms with Gasteiger partial charge in [0.1, 0.15) is 0 Å². The third-order valence-corrected chi connectivity index (χ3v) is 3.16. The summed E-state index contributed by atoms with van der Waals surface area (Å²) in [7, 11) is 1.88. The fourth-order valence-electron chi connectivity index (χ4n) is 2.03. The molecule has 5 nitrogen and oxygen atoms in total. The van der Waals surface area contributed by atoms with E-state index in [9.17, 15) is 4.79 Å². The van der Waals surface area contributed by atoms with Gasteiger partial charge in [0.2, 0.25) is 0 Å². The van der Waals surface area contributed by atoms with E-state index in [0.717, 1.165) is 16.9 Å². The van der Waals surface area contributed by atoms with E-state index in [1.54, 1.807) is 23.0 Å². The SMILES string of the molecule is Cc1ccc(C(=O)O)cc1NC(C)c1ccnn1C. The summed E-state index contributed by atoms with van der Waals surface area (Å²) >= 11 is 0. The molecular weight excluding hydrogens is 242 g/mol. The third kappa shape index (κ3) is 2.76. The van der Waals surface area contributed by atoms with Crippen molar-refractivity contribution in [2.75, 3.05) is 5.32 Å². The maximum absolute atomic E-state index is 11.0. The summed E-state index contributed by atoms with van der Waals surface area (Å²) in [6, 6.07) is 7.06. The number of hydrogen-bond donors (Lipinski definition) is 2. The first kappa shape index (κ1) is 13.1. The van der Waals surface area contributed by atoms with Gasteiger partial charge < -0.3 is 10.4 Å². The van der Waals surface area contributed by atoms with Gasteiger partial charge in [0.05, 0.1) is 17.3 Å². The Morgan fingerprint density at radius 2 is 2.16 bits per heavy atom. The summed E-state index contributed by atoms with van der Waals surface area (Å²) in [6.07, 6.45) is 1.74. The molecule has 0 saturated heterocycles. The lowest BCUT2D eigenvalue weighted by atomic mass is 10.1. The van der Waals surface area contributed by atoms with Gasteiger partial charge in [-0.15, -0.1) is 0 Å². The molecule has 2 rings (SSSR count). The molecule has 1 unspecified atom stereocenters. The lowest BCUT2D eigenvalue weighted by molar-refractivity contribution is 0.0697. The van der Waals surface area contributed by atoms with Crippen molar-refractivity contribution < 1.29 is 9.90 Å². The molecule has 2 N–H and O–H groups in total. The molecule has 0 fully saturated rings.